The molecular formula is C34H26F6. The molecule has 6 heteroatoms. The molecule has 0 aliphatic heterocycles. The van der Waals surface area contributed by atoms with Crippen LogP contribution in [-0.4, -0.2) is 6.18 Å². The Labute approximate surface area is 230 Å². The van der Waals surface area contributed by atoms with Gasteiger partial charge in [-0.2, -0.15) is 13.2 Å². The molecule has 0 atom stereocenters. The SMILES string of the molecule is CCCCCCc1ccc(C#Cc2ccc3c(F)c(C#Cc4cc(F)c(CC(F)(F)F)c(F)c4)ccc3c2)cc1. The van der Waals surface area contributed by atoms with Crippen molar-refractivity contribution in [2.45, 2.75) is 51.6 Å². The Morgan fingerprint density at radius 1 is 0.650 bits per heavy atom. The molecule has 4 aromatic rings. The van der Waals surface area contributed by atoms with Crippen molar-refractivity contribution >= 4 is 10.8 Å². The Morgan fingerprint density at radius 2 is 1.30 bits per heavy atom. The lowest BCUT2D eigenvalue weighted by atomic mass is 10.0. The highest BCUT2D eigenvalue weighted by molar-refractivity contribution is 5.86. The fourth-order valence-corrected chi connectivity index (χ4v) is 4.31. The lowest BCUT2D eigenvalue weighted by Gasteiger charge is -2.08. The summed E-state index contributed by atoms with van der Waals surface area (Å²) in [6, 6.07) is 17.7. The predicted octanol–water partition coefficient (Wildman–Crippen LogP) is 9.28. The predicted molar refractivity (Wildman–Crippen MR) is 146 cm³/mol. The van der Waals surface area contributed by atoms with Crippen LogP contribution in [0.4, 0.5) is 26.3 Å². The number of rotatable bonds is 6. The molecule has 0 bridgehead atoms. The first-order chi connectivity index (χ1) is 19.1. The molecule has 0 radical (unpaired) electrons. The van der Waals surface area contributed by atoms with Gasteiger partial charge < -0.3 is 0 Å². The minimum absolute atomic E-state index is 0.0127. The highest BCUT2D eigenvalue weighted by Crippen LogP contribution is 2.26. The summed E-state index contributed by atoms with van der Waals surface area (Å²) in [5.41, 5.74) is 1.59. The molecular weight excluding hydrogens is 522 g/mol. The van der Waals surface area contributed by atoms with Gasteiger partial charge in [0.2, 0.25) is 0 Å². The van der Waals surface area contributed by atoms with Gasteiger partial charge >= 0.3 is 6.18 Å². The van der Waals surface area contributed by atoms with Gasteiger partial charge in [0.05, 0.1) is 12.0 Å². The van der Waals surface area contributed by atoms with Crippen LogP contribution in [-0.2, 0) is 12.8 Å². The summed E-state index contributed by atoms with van der Waals surface area (Å²) in [7, 11) is 0. The third-order valence-corrected chi connectivity index (χ3v) is 6.44. The zero-order valence-electron chi connectivity index (χ0n) is 21.9. The zero-order chi connectivity index (χ0) is 28.7. The van der Waals surface area contributed by atoms with Crippen molar-refractivity contribution in [1.82, 2.24) is 0 Å². The second-order valence-corrected chi connectivity index (χ2v) is 9.58. The molecule has 4 rings (SSSR count). The molecule has 0 aliphatic carbocycles. The lowest BCUT2D eigenvalue weighted by molar-refractivity contribution is -0.128. The van der Waals surface area contributed by atoms with Gasteiger partial charge in [0.15, 0.2) is 0 Å². The monoisotopic (exact) mass is 548 g/mol. The normalized spacial score (nSPS) is 11.1. The van der Waals surface area contributed by atoms with Crippen molar-refractivity contribution in [2.75, 3.05) is 0 Å². The molecule has 204 valence electrons. The van der Waals surface area contributed by atoms with Crippen LogP contribution < -0.4 is 0 Å². The fraction of sp³-hybridized carbons (Fsp3) is 0.235. The van der Waals surface area contributed by atoms with E-state index in [2.05, 4.69) is 42.7 Å². The van der Waals surface area contributed by atoms with E-state index in [-0.39, 0.29) is 11.1 Å². The quantitative estimate of drug-likeness (QED) is 0.128. The number of benzene rings is 4. The van der Waals surface area contributed by atoms with Crippen LogP contribution in [0.1, 0.15) is 66.0 Å². The summed E-state index contributed by atoms with van der Waals surface area (Å²) in [4.78, 5) is 0. The van der Waals surface area contributed by atoms with Gasteiger partial charge in [0.25, 0.3) is 0 Å². The van der Waals surface area contributed by atoms with Crippen LogP contribution in [0.5, 0.6) is 0 Å². The van der Waals surface area contributed by atoms with Gasteiger partial charge in [-0.05, 0) is 66.3 Å². The number of hydrogen-bond acceptors (Lipinski definition) is 0. The molecule has 0 spiro atoms. The van der Waals surface area contributed by atoms with E-state index in [1.165, 1.54) is 37.3 Å². The van der Waals surface area contributed by atoms with Crippen LogP contribution in [0.15, 0.2) is 66.7 Å². The summed E-state index contributed by atoms with van der Waals surface area (Å²) in [6.45, 7) is 2.19. The maximum atomic E-state index is 15.1. The third kappa shape index (κ3) is 7.70. The van der Waals surface area contributed by atoms with Crippen LogP contribution >= 0.6 is 0 Å². The molecule has 0 amide bonds. The van der Waals surface area contributed by atoms with E-state index in [1.54, 1.807) is 24.3 Å². The van der Waals surface area contributed by atoms with Crippen LogP contribution in [0, 0.1) is 41.1 Å². The molecule has 0 nitrogen and oxygen atoms in total. The van der Waals surface area contributed by atoms with Crippen molar-refractivity contribution in [3.8, 4) is 23.7 Å². The van der Waals surface area contributed by atoms with E-state index in [1.807, 2.05) is 12.1 Å². The minimum atomic E-state index is -4.76. The number of hydrogen-bond donors (Lipinski definition) is 0. The van der Waals surface area contributed by atoms with Gasteiger partial charge in [0.1, 0.15) is 17.5 Å². The van der Waals surface area contributed by atoms with Crippen LogP contribution in [0.25, 0.3) is 10.8 Å². The van der Waals surface area contributed by atoms with Gasteiger partial charge in [0, 0.05) is 27.6 Å². The van der Waals surface area contributed by atoms with Crippen molar-refractivity contribution in [1.29, 1.82) is 0 Å². The molecule has 0 fully saturated rings. The standard InChI is InChI=1S/C34H26F6/c1-2-3-4-5-6-23-7-9-24(10-8-23)11-12-25-14-18-29-28(19-25)17-16-27(33(29)37)15-13-26-20-31(35)30(32(36)21-26)22-34(38,39)40/h7-10,14,16-21H,2-6,22H2,1H3. The third-order valence-electron chi connectivity index (χ3n) is 6.44. The average molecular weight is 549 g/mol. The Hall–Kier alpha value is -4.16. The largest absolute Gasteiger partial charge is 0.393 e. The zero-order valence-corrected chi connectivity index (χ0v) is 21.9. The summed E-state index contributed by atoms with van der Waals surface area (Å²) in [5, 5.41) is 0.897. The maximum absolute atomic E-state index is 15.1. The minimum Gasteiger partial charge on any atom is -0.207 e. The average Bonchev–Trinajstić information content (AvgIpc) is 2.92. The Bertz CT molecular complexity index is 1600. The van der Waals surface area contributed by atoms with Gasteiger partial charge in [-0.1, -0.05) is 74.1 Å². The molecule has 0 saturated carbocycles. The second kappa shape index (κ2) is 12.8. The number of alkyl halides is 3. The Morgan fingerprint density at radius 3 is 1.98 bits per heavy atom. The topological polar surface area (TPSA) is 0 Å². The molecule has 0 aliphatic rings. The molecule has 0 saturated heterocycles. The van der Waals surface area contributed by atoms with Crippen LogP contribution in [0.2, 0.25) is 0 Å². The fourth-order valence-electron chi connectivity index (χ4n) is 4.31. The summed E-state index contributed by atoms with van der Waals surface area (Å²) >= 11 is 0. The highest BCUT2D eigenvalue weighted by Gasteiger charge is 2.31. The molecule has 0 N–H and O–H groups in total. The summed E-state index contributed by atoms with van der Waals surface area (Å²) < 4.78 is 80.9. The van der Waals surface area contributed by atoms with Gasteiger partial charge in [-0.25, -0.2) is 13.2 Å². The summed E-state index contributed by atoms with van der Waals surface area (Å²) in [5.74, 6) is 7.86. The van der Waals surface area contributed by atoms with E-state index in [0.717, 1.165) is 12.0 Å². The first kappa shape index (κ1) is 28.8. The van der Waals surface area contributed by atoms with E-state index >= 15 is 4.39 Å². The smallest absolute Gasteiger partial charge is 0.207 e. The first-order valence-electron chi connectivity index (χ1n) is 13.0. The molecule has 40 heavy (non-hydrogen) atoms. The Balaban J connectivity index is 1.49. The number of fused-ring (bicyclic) bond motifs is 1. The molecule has 0 heterocycles. The van der Waals surface area contributed by atoms with Crippen molar-refractivity contribution < 1.29 is 26.3 Å². The number of unbranched alkanes of at least 4 members (excludes halogenated alkanes) is 3. The van der Waals surface area contributed by atoms with Gasteiger partial charge in [-0.15, -0.1) is 0 Å². The first-order valence-corrected chi connectivity index (χ1v) is 13.0. The van der Waals surface area contributed by atoms with E-state index in [0.29, 0.717) is 28.5 Å². The van der Waals surface area contributed by atoms with Crippen LogP contribution in [0.3, 0.4) is 0 Å². The van der Waals surface area contributed by atoms with Gasteiger partial charge in [-0.3, -0.25) is 0 Å². The van der Waals surface area contributed by atoms with Crippen molar-refractivity contribution in [3.05, 3.63) is 118 Å². The second-order valence-electron chi connectivity index (χ2n) is 9.58. The van der Waals surface area contributed by atoms with E-state index in [9.17, 15) is 22.0 Å². The number of halogens is 6. The summed E-state index contributed by atoms with van der Waals surface area (Å²) in [6.07, 6.45) is -0.556. The van der Waals surface area contributed by atoms with Crippen molar-refractivity contribution in [2.24, 2.45) is 0 Å². The molecule has 4 aromatic carbocycles. The Kier molecular flexibility index (Phi) is 9.22. The molecule has 0 aromatic heterocycles. The van der Waals surface area contributed by atoms with E-state index < -0.39 is 35.6 Å². The maximum Gasteiger partial charge on any atom is 0.393 e. The highest BCUT2D eigenvalue weighted by atomic mass is 19.4. The van der Waals surface area contributed by atoms with E-state index in [4.69, 9.17) is 0 Å². The number of aryl methyl sites for hydroxylation is 1. The molecule has 0 unspecified atom stereocenters. The lowest BCUT2D eigenvalue weighted by Crippen LogP contribution is -2.14. The van der Waals surface area contributed by atoms with Crippen molar-refractivity contribution in [3.63, 3.8) is 0 Å².